The first kappa shape index (κ1) is 36.3. The van der Waals surface area contributed by atoms with Crippen LogP contribution in [-0.4, -0.2) is 56.5 Å². The minimum absolute atomic E-state index is 0.157. The Kier molecular flexibility index (Phi) is 12.4. The van der Waals surface area contributed by atoms with E-state index in [9.17, 15) is 14.7 Å². The number of rotatable bonds is 15. The molecule has 4 aromatic rings. The Bertz CT molecular complexity index is 1910. The Balaban J connectivity index is 1.23. The lowest BCUT2D eigenvalue weighted by molar-refractivity contribution is -0.136. The van der Waals surface area contributed by atoms with E-state index in [0.717, 1.165) is 25.5 Å². The summed E-state index contributed by atoms with van der Waals surface area (Å²) in [5.41, 5.74) is 5.74. The van der Waals surface area contributed by atoms with Gasteiger partial charge in [-0.3, -0.25) is 5.43 Å². The minimum atomic E-state index is -1.16. The van der Waals surface area contributed by atoms with Crippen LogP contribution in [-0.2, 0) is 16.1 Å². The van der Waals surface area contributed by atoms with Gasteiger partial charge in [0.05, 0.1) is 41.7 Å². The van der Waals surface area contributed by atoms with E-state index in [-0.39, 0.29) is 12.2 Å². The fraction of sp³-hybridized carbons (Fsp3) is 0.270. The number of hydrogen-bond donors (Lipinski definition) is 4. The number of nitrogens with zero attached hydrogens (tertiary/aromatic N) is 1. The first-order valence-corrected chi connectivity index (χ1v) is 17.1. The molecule has 1 heterocycles. The van der Waals surface area contributed by atoms with Crippen LogP contribution in [0.15, 0.2) is 89.2 Å². The zero-order valence-electron chi connectivity index (χ0n) is 28.1. The lowest BCUT2D eigenvalue weighted by atomic mass is 9.95. The lowest BCUT2D eigenvalue weighted by Crippen LogP contribution is -2.45. The number of hydrazone groups is 1. The van der Waals surface area contributed by atoms with E-state index in [4.69, 9.17) is 23.7 Å². The quantitative estimate of drug-likeness (QED) is 0.0377. The number of esters is 1. The molecule has 50 heavy (non-hydrogen) atoms. The highest BCUT2D eigenvalue weighted by atomic mass is 127. The molecule has 1 aliphatic rings. The van der Waals surface area contributed by atoms with Crippen LogP contribution in [0.3, 0.4) is 0 Å². The summed E-state index contributed by atoms with van der Waals surface area (Å²) in [6, 6.07) is 21.9. The third-order valence-corrected chi connectivity index (χ3v) is 8.49. The van der Waals surface area contributed by atoms with Gasteiger partial charge in [0.15, 0.2) is 29.2 Å². The maximum Gasteiger partial charge on any atom is 0.337 e. The summed E-state index contributed by atoms with van der Waals surface area (Å²) in [5.74, 6) is 1.39. The second-order valence-electron chi connectivity index (χ2n) is 11.1. The van der Waals surface area contributed by atoms with E-state index in [1.165, 1.54) is 7.11 Å². The fourth-order valence-electron chi connectivity index (χ4n) is 5.45. The average Bonchev–Trinajstić information content (AvgIpc) is 3.10. The van der Waals surface area contributed by atoms with Crippen LogP contribution in [0.2, 0.25) is 0 Å². The largest absolute Gasteiger partial charge is 0.490 e. The number of benzene rings is 4. The SMILES string of the molecule is CCOc1cc([C@@H]2NC(=O)NC(C)=C2C(=O)OC)ccc1OC[C@@H](O)N/N=C/c1cc(I)c(OCc2cccc3ccccc23)c(OCC)c1. The highest BCUT2D eigenvalue weighted by Gasteiger charge is 2.32. The van der Waals surface area contributed by atoms with Crippen LogP contribution >= 0.6 is 22.6 Å². The van der Waals surface area contributed by atoms with Crippen molar-refractivity contribution in [3.05, 3.63) is 104 Å². The number of allylic oxidation sites excluding steroid dienone is 1. The summed E-state index contributed by atoms with van der Waals surface area (Å²) in [6.07, 6.45) is 0.416. The second kappa shape index (κ2) is 17.1. The van der Waals surface area contributed by atoms with E-state index in [2.05, 4.69) is 68.0 Å². The third kappa shape index (κ3) is 8.76. The number of ether oxygens (including phenoxy) is 5. The van der Waals surface area contributed by atoms with Crippen molar-refractivity contribution in [1.82, 2.24) is 16.1 Å². The van der Waals surface area contributed by atoms with E-state index in [1.807, 2.05) is 44.2 Å². The van der Waals surface area contributed by atoms with Gasteiger partial charge < -0.3 is 39.4 Å². The number of carbonyl (C=O) groups excluding carboxylic acids is 2. The number of aliphatic hydroxyl groups is 1. The maximum atomic E-state index is 12.5. The van der Waals surface area contributed by atoms with E-state index < -0.39 is 24.3 Å². The Labute approximate surface area is 303 Å². The lowest BCUT2D eigenvalue weighted by Gasteiger charge is -2.28. The molecule has 1 aliphatic heterocycles. The summed E-state index contributed by atoms with van der Waals surface area (Å²) >= 11 is 2.21. The van der Waals surface area contributed by atoms with Gasteiger partial charge in [-0.25, -0.2) is 9.59 Å². The van der Waals surface area contributed by atoms with E-state index >= 15 is 0 Å². The van der Waals surface area contributed by atoms with Crippen molar-refractivity contribution in [1.29, 1.82) is 0 Å². The molecule has 262 valence electrons. The van der Waals surface area contributed by atoms with Crippen LogP contribution in [0, 0.1) is 3.57 Å². The van der Waals surface area contributed by atoms with Gasteiger partial charge in [-0.1, -0.05) is 48.5 Å². The standard InChI is InChI=1S/C37H39IN4O8/c1-5-47-30-18-25(34-33(36(44)46-4)22(3)40-37(45)41-34)14-15-29(30)49-21-32(43)42-39-19-23-16-28(38)35(31(17-23)48-6-2)50-20-26-12-9-11-24-10-7-8-13-27(24)26/h7-19,32,34,42-43H,5-6,20-21H2,1-4H3,(H2,40,41,45)/b39-19+/t32-,34+/m1/s1. The molecule has 0 fully saturated rings. The zero-order chi connectivity index (χ0) is 35.6. The average molecular weight is 795 g/mol. The van der Waals surface area contributed by atoms with Gasteiger partial charge in [0.2, 0.25) is 0 Å². The maximum absolute atomic E-state index is 12.5. The van der Waals surface area contributed by atoms with Crippen LogP contribution in [0.5, 0.6) is 23.0 Å². The molecule has 0 saturated heterocycles. The molecule has 0 aromatic heterocycles. The number of amides is 2. The summed E-state index contributed by atoms with van der Waals surface area (Å²) in [4.78, 5) is 24.7. The monoisotopic (exact) mass is 794 g/mol. The predicted octanol–water partition coefficient (Wildman–Crippen LogP) is 5.94. The number of carbonyl (C=O) groups is 2. The number of aliphatic hydroxyl groups excluding tert-OH is 1. The van der Waals surface area contributed by atoms with Gasteiger partial charge in [0, 0.05) is 5.70 Å². The normalized spacial score (nSPS) is 14.9. The molecular weight excluding hydrogens is 755 g/mol. The van der Waals surface area contributed by atoms with Crippen molar-refractivity contribution < 1.29 is 38.4 Å². The first-order chi connectivity index (χ1) is 24.2. The number of hydrogen-bond acceptors (Lipinski definition) is 10. The summed E-state index contributed by atoms with van der Waals surface area (Å²) in [5, 5.41) is 22.4. The fourth-order valence-corrected chi connectivity index (χ4v) is 6.23. The number of fused-ring (bicyclic) bond motifs is 1. The van der Waals surface area contributed by atoms with Crippen LogP contribution < -0.4 is 35.0 Å². The van der Waals surface area contributed by atoms with Crippen LogP contribution in [0.1, 0.15) is 43.5 Å². The summed E-state index contributed by atoms with van der Waals surface area (Å²) in [7, 11) is 1.28. The molecule has 0 spiro atoms. The third-order valence-electron chi connectivity index (χ3n) is 7.69. The Morgan fingerprint density at radius 3 is 2.52 bits per heavy atom. The zero-order valence-corrected chi connectivity index (χ0v) is 30.3. The summed E-state index contributed by atoms with van der Waals surface area (Å²) in [6.45, 7) is 6.37. The second-order valence-corrected chi connectivity index (χ2v) is 12.3. The van der Waals surface area contributed by atoms with Crippen molar-refractivity contribution in [2.75, 3.05) is 26.9 Å². The Morgan fingerprint density at radius 2 is 1.74 bits per heavy atom. The molecule has 0 saturated carbocycles. The summed E-state index contributed by atoms with van der Waals surface area (Å²) < 4.78 is 29.6. The molecule has 5 rings (SSSR count). The van der Waals surface area contributed by atoms with Gasteiger partial charge >= 0.3 is 12.0 Å². The number of urea groups is 1. The van der Waals surface area contributed by atoms with Crippen molar-refractivity contribution in [2.45, 2.75) is 39.6 Å². The van der Waals surface area contributed by atoms with Gasteiger partial charge in [-0.2, -0.15) is 5.10 Å². The number of methoxy groups -OCH3 is 1. The Morgan fingerprint density at radius 1 is 0.980 bits per heavy atom. The minimum Gasteiger partial charge on any atom is -0.490 e. The van der Waals surface area contributed by atoms with E-state index in [0.29, 0.717) is 54.1 Å². The molecule has 13 heteroatoms. The van der Waals surface area contributed by atoms with Gasteiger partial charge in [-0.05, 0) is 95.1 Å². The van der Waals surface area contributed by atoms with Crippen LogP contribution in [0.4, 0.5) is 4.79 Å². The van der Waals surface area contributed by atoms with Gasteiger partial charge in [0.25, 0.3) is 0 Å². The molecule has 0 radical (unpaired) electrons. The predicted molar refractivity (Wildman–Crippen MR) is 198 cm³/mol. The van der Waals surface area contributed by atoms with Gasteiger partial charge in [0.1, 0.15) is 13.2 Å². The molecule has 0 bridgehead atoms. The molecule has 2 amide bonds. The Hall–Kier alpha value is -5.02. The topological polar surface area (TPSA) is 149 Å². The van der Waals surface area contributed by atoms with E-state index in [1.54, 1.807) is 31.3 Å². The van der Waals surface area contributed by atoms with Crippen molar-refractivity contribution in [3.63, 3.8) is 0 Å². The van der Waals surface area contributed by atoms with Crippen molar-refractivity contribution in [3.8, 4) is 23.0 Å². The highest BCUT2D eigenvalue weighted by molar-refractivity contribution is 14.1. The molecule has 0 aliphatic carbocycles. The highest BCUT2D eigenvalue weighted by Crippen LogP contribution is 2.36. The molecule has 2 atom stereocenters. The molecule has 4 N–H and O–H groups in total. The molecule has 4 aromatic carbocycles. The molecular formula is C37H39IN4O8. The van der Waals surface area contributed by atoms with Crippen molar-refractivity contribution in [2.24, 2.45) is 5.10 Å². The number of nitrogens with one attached hydrogen (secondary N) is 3. The van der Waals surface area contributed by atoms with Crippen LogP contribution in [0.25, 0.3) is 10.8 Å². The first-order valence-electron chi connectivity index (χ1n) is 16.0. The number of halogens is 1. The molecule has 0 unspecified atom stereocenters. The van der Waals surface area contributed by atoms with Crippen molar-refractivity contribution >= 4 is 51.6 Å². The molecule has 12 nitrogen and oxygen atoms in total. The van der Waals surface area contributed by atoms with Gasteiger partial charge in [-0.15, -0.1) is 0 Å². The smallest absolute Gasteiger partial charge is 0.337 e.